The van der Waals surface area contributed by atoms with Gasteiger partial charge in [-0.1, -0.05) is 13.3 Å². The highest BCUT2D eigenvalue weighted by atomic mass is 16.2. The van der Waals surface area contributed by atoms with Crippen LogP contribution in [0.1, 0.15) is 52.9 Å². The van der Waals surface area contributed by atoms with Gasteiger partial charge in [-0.05, 0) is 45.4 Å². The minimum absolute atomic E-state index is 0.261. The molecule has 1 fully saturated rings. The molecule has 3 amide bonds. The highest BCUT2D eigenvalue weighted by Gasteiger charge is 2.23. The molecule has 0 bridgehead atoms. The summed E-state index contributed by atoms with van der Waals surface area (Å²) >= 11 is 0. The number of hydrogen-bond donors (Lipinski definition) is 3. The van der Waals surface area contributed by atoms with E-state index < -0.39 is 6.03 Å². The van der Waals surface area contributed by atoms with Crippen molar-refractivity contribution in [2.75, 3.05) is 6.54 Å². The molecule has 0 aromatic carbocycles. The smallest absolute Gasteiger partial charge is 0.321 e. The molecule has 5 heteroatoms. The quantitative estimate of drug-likeness (QED) is 0.712. The summed E-state index contributed by atoms with van der Waals surface area (Å²) in [5.41, 5.74) is 0. The van der Waals surface area contributed by atoms with Gasteiger partial charge in [0, 0.05) is 12.6 Å². The molecule has 1 saturated carbocycles. The van der Waals surface area contributed by atoms with Gasteiger partial charge in [-0.3, -0.25) is 10.1 Å². The van der Waals surface area contributed by atoms with Crippen LogP contribution in [0, 0.1) is 5.92 Å². The first kappa shape index (κ1) is 16.0. The predicted octanol–water partition coefficient (Wildman–Crippen LogP) is 1.78. The third-order valence-electron chi connectivity index (χ3n) is 3.88. The van der Waals surface area contributed by atoms with Crippen LogP contribution in [-0.2, 0) is 4.79 Å². The Labute approximate surface area is 115 Å². The first-order chi connectivity index (χ1) is 9.06. The Morgan fingerprint density at radius 3 is 2.32 bits per heavy atom. The summed E-state index contributed by atoms with van der Waals surface area (Å²) in [6.45, 7) is 6.38. The lowest BCUT2D eigenvalue weighted by molar-refractivity contribution is -0.121. The third kappa shape index (κ3) is 5.59. The molecule has 110 valence electrons. The number of imide groups is 1. The van der Waals surface area contributed by atoms with Crippen molar-refractivity contribution in [3.63, 3.8) is 0 Å². The van der Waals surface area contributed by atoms with Crippen LogP contribution >= 0.6 is 0 Å². The molecule has 1 aliphatic rings. The Kier molecular flexibility index (Phi) is 6.84. The van der Waals surface area contributed by atoms with E-state index in [1.54, 1.807) is 6.92 Å². The van der Waals surface area contributed by atoms with Gasteiger partial charge in [0.25, 0.3) is 0 Å². The second kappa shape index (κ2) is 8.15. The van der Waals surface area contributed by atoms with Gasteiger partial charge in [0.05, 0.1) is 6.04 Å². The van der Waals surface area contributed by atoms with E-state index in [0.717, 1.165) is 18.8 Å². The second-order valence-corrected chi connectivity index (χ2v) is 5.36. The first-order valence-electron chi connectivity index (χ1n) is 7.41. The first-order valence-corrected chi connectivity index (χ1v) is 7.41. The number of rotatable bonds is 5. The van der Waals surface area contributed by atoms with Crippen molar-refractivity contribution < 1.29 is 9.59 Å². The number of amides is 3. The number of nitrogens with one attached hydrogen (secondary N) is 3. The van der Waals surface area contributed by atoms with E-state index in [0.29, 0.717) is 12.6 Å². The fraction of sp³-hybridized carbons (Fsp3) is 0.857. The second-order valence-electron chi connectivity index (χ2n) is 5.36. The summed E-state index contributed by atoms with van der Waals surface area (Å²) in [4.78, 5) is 23.0. The normalized spacial score (nSPS) is 24.6. The van der Waals surface area contributed by atoms with Gasteiger partial charge >= 0.3 is 6.03 Å². The molecule has 19 heavy (non-hydrogen) atoms. The Bertz CT molecular complexity index is 299. The maximum absolute atomic E-state index is 11.8. The van der Waals surface area contributed by atoms with Gasteiger partial charge in [0.2, 0.25) is 5.91 Å². The molecule has 3 N–H and O–H groups in total. The SMILES string of the molecule is CCNC(=O)NC(=O)C(C)NC1CCC(CC)CC1. The number of hydrogen-bond acceptors (Lipinski definition) is 3. The Morgan fingerprint density at radius 1 is 1.16 bits per heavy atom. The fourth-order valence-corrected chi connectivity index (χ4v) is 2.59. The summed E-state index contributed by atoms with van der Waals surface area (Å²) < 4.78 is 0. The molecule has 5 nitrogen and oxygen atoms in total. The molecular weight excluding hydrogens is 242 g/mol. The number of carbonyl (C=O) groups excluding carboxylic acids is 2. The average molecular weight is 269 g/mol. The summed E-state index contributed by atoms with van der Waals surface area (Å²) in [5.74, 6) is 0.584. The molecule has 1 unspecified atom stereocenters. The molecule has 0 aromatic rings. The van der Waals surface area contributed by atoms with E-state index in [4.69, 9.17) is 0 Å². The summed E-state index contributed by atoms with van der Waals surface area (Å²) in [7, 11) is 0. The lowest BCUT2D eigenvalue weighted by Crippen LogP contribution is -2.51. The Balaban J connectivity index is 2.28. The van der Waals surface area contributed by atoms with Crippen LogP contribution in [0.4, 0.5) is 4.79 Å². The zero-order chi connectivity index (χ0) is 14.3. The van der Waals surface area contributed by atoms with Crippen LogP contribution in [0.15, 0.2) is 0 Å². The zero-order valence-corrected chi connectivity index (χ0v) is 12.3. The number of carbonyl (C=O) groups is 2. The topological polar surface area (TPSA) is 70.2 Å². The molecule has 0 spiro atoms. The van der Waals surface area contributed by atoms with Crippen LogP contribution in [0.3, 0.4) is 0 Å². The van der Waals surface area contributed by atoms with E-state index >= 15 is 0 Å². The zero-order valence-electron chi connectivity index (χ0n) is 12.3. The molecule has 0 saturated heterocycles. The summed E-state index contributed by atoms with van der Waals surface area (Å²) in [6.07, 6.45) is 5.96. The Morgan fingerprint density at radius 2 is 1.79 bits per heavy atom. The minimum Gasteiger partial charge on any atom is -0.338 e. The predicted molar refractivity (Wildman–Crippen MR) is 75.9 cm³/mol. The van der Waals surface area contributed by atoms with Crippen LogP contribution < -0.4 is 16.0 Å². The standard InChI is InChI=1S/C14H27N3O2/c1-4-11-6-8-12(9-7-11)16-10(3)13(18)17-14(19)15-5-2/h10-12,16H,4-9H2,1-3H3,(H2,15,17,18,19). The van der Waals surface area contributed by atoms with Crippen LogP contribution in [0.25, 0.3) is 0 Å². The molecule has 1 aliphatic carbocycles. The third-order valence-corrected chi connectivity index (χ3v) is 3.88. The maximum atomic E-state index is 11.8. The van der Waals surface area contributed by atoms with Crippen LogP contribution in [0.5, 0.6) is 0 Å². The highest BCUT2D eigenvalue weighted by Crippen LogP contribution is 2.26. The molecule has 0 radical (unpaired) electrons. The van der Waals surface area contributed by atoms with E-state index in [9.17, 15) is 9.59 Å². The van der Waals surface area contributed by atoms with E-state index in [2.05, 4.69) is 22.9 Å². The molecular formula is C14H27N3O2. The van der Waals surface area contributed by atoms with Crippen molar-refractivity contribution >= 4 is 11.9 Å². The van der Waals surface area contributed by atoms with Crippen molar-refractivity contribution in [1.82, 2.24) is 16.0 Å². The molecule has 0 aromatic heterocycles. The highest BCUT2D eigenvalue weighted by molar-refractivity contribution is 5.96. The molecule has 1 rings (SSSR count). The van der Waals surface area contributed by atoms with Crippen molar-refractivity contribution in [3.8, 4) is 0 Å². The van der Waals surface area contributed by atoms with Crippen LogP contribution in [-0.4, -0.2) is 30.6 Å². The molecule has 0 aliphatic heterocycles. The van der Waals surface area contributed by atoms with Crippen molar-refractivity contribution in [2.45, 2.75) is 65.0 Å². The average Bonchev–Trinajstić information content (AvgIpc) is 2.39. The summed E-state index contributed by atoms with van der Waals surface area (Å²) in [5, 5.41) is 8.21. The van der Waals surface area contributed by atoms with Gasteiger partial charge < -0.3 is 10.6 Å². The monoisotopic (exact) mass is 269 g/mol. The van der Waals surface area contributed by atoms with Crippen molar-refractivity contribution in [1.29, 1.82) is 0 Å². The van der Waals surface area contributed by atoms with E-state index in [-0.39, 0.29) is 11.9 Å². The van der Waals surface area contributed by atoms with E-state index in [1.165, 1.54) is 19.3 Å². The van der Waals surface area contributed by atoms with Gasteiger partial charge in [-0.15, -0.1) is 0 Å². The number of urea groups is 1. The van der Waals surface area contributed by atoms with Crippen LogP contribution in [0.2, 0.25) is 0 Å². The van der Waals surface area contributed by atoms with E-state index in [1.807, 2.05) is 6.92 Å². The summed E-state index contributed by atoms with van der Waals surface area (Å²) in [6, 6.07) is -0.348. The fourth-order valence-electron chi connectivity index (χ4n) is 2.59. The maximum Gasteiger partial charge on any atom is 0.321 e. The lowest BCUT2D eigenvalue weighted by atomic mass is 9.84. The lowest BCUT2D eigenvalue weighted by Gasteiger charge is -2.30. The van der Waals surface area contributed by atoms with Gasteiger partial charge in [-0.2, -0.15) is 0 Å². The van der Waals surface area contributed by atoms with Crippen molar-refractivity contribution in [2.24, 2.45) is 5.92 Å². The largest absolute Gasteiger partial charge is 0.338 e. The van der Waals surface area contributed by atoms with Gasteiger partial charge in [-0.25, -0.2) is 4.79 Å². The Hall–Kier alpha value is -1.10. The minimum atomic E-state index is -0.421. The molecule has 0 heterocycles. The van der Waals surface area contributed by atoms with Crippen molar-refractivity contribution in [3.05, 3.63) is 0 Å². The van der Waals surface area contributed by atoms with Gasteiger partial charge in [0.1, 0.15) is 0 Å². The molecule has 1 atom stereocenters. The van der Waals surface area contributed by atoms with Gasteiger partial charge in [0.15, 0.2) is 0 Å².